The first-order valence-electron chi connectivity index (χ1n) is 23.8. The van der Waals surface area contributed by atoms with E-state index in [1.54, 1.807) is 54.7 Å². The van der Waals surface area contributed by atoms with Crippen molar-refractivity contribution >= 4 is 92.9 Å². The Bertz CT molecular complexity index is 2790. The van der Waals surface area contributed by atoms with E-state index < -0.39 is 152 Å². The number of fused-ring (bicyclic) bond motifs is 2. The van der Waals surface area contributed by atoms with Gasteiger partial charge in [-0.15, -0.1) is 0 Å². The molecule has 8 amide bonds. The molecule has 0 saturated heterocycles. The Hall–Kier alpha value is -8.92. The normalized spacial score (nSPS) is 14.2. The summed E-state index contributed by atoms with van der Waals surface area (Å²) in [6.07, 6.45) is -1.06. The van der Waals surface area contributed by atoms with Crippen molar-refractivity contribution in [2.75, 3.05) is 6.54 Å². The van der Waals surface area contributed by atoms with Crippen molar-refractivity contribution in [3.05, 3.63) is 72.1 Å². The number of aromatic nitrogens is 2. The number of nitrogens with one attached hydrogen (secondary N) is 9. The summed E-state index contributed by atoms with van der Waals surface area (Å²) in [6, 6.07) is 0.169. The lowest BCUT2D eigenvalue weighted by Gasteiger charge is -2.27. The molecule has 2 heterocycles. The van der Waals surface area contributed by atoms with Crippen LogP contribution in [0, 0.1) is 0 Å². The highest BCUT2D eigenvalue weighted by Gasteiger charge is 2.36. The van der Waals surface area contributed by atoms with E-state index in [1.165, 1.54) is 13.1 Å². The van der Waals surface area contributed by atoms with E-state index in [4.69, 9.17) is 22.3 Å². The first-order chi connectivity index (χ1) is 36.0. The molecule has 410 valence electrons. The Morgan fingerprint density at radius 1 is 0.500 bits per heavy atom. The van der Waals surface area contributed by atoms with Gasteiger partial charge in [-0.1, -0.05) is 36.4 Å². The third-order valence-corrected chi connectivity index (χ3v) is 11.8. The van der Waals surface area contributed by atoms with Crippen LogP contribution < -0.4 is 54.4 Å². The van der Waals surface area contributed by atoms with Crippen molar-refractivity contribution in [2.45, 2.75) is 119 Å². The molecule has 4 aromatic rings. The average Bonchev–Trinajstić information content (AvgIpc) is 3.96. The van der Waals surface area contributed by atoms with Crippen LogP contribution >= 0.6 is 0 Å². The summed E-state index contributed by atoms with van der Waals surface area (Å²) in [4.78, 5) is 162. The number of carbonyl (C=O) groups excluding carboxylic acids is 8. The predicted molar refractivity (Wildman–Crippen MR) is 267 cm³/mol. The first kappa shape index (κ1) is 59.6. The van der Waals surface area contributed by atoms with Gasteiger partial charge in [0.1, 0.15) is 42.3 Å². The van der Waals surface area contributed by atoms with Crippen molar-refractivity contribution in [3.8, 4) is 0 Å². The SMILES string of the molecule is C[C@H](NC(=O)[C@H](Cc1c[nH]c2ccccc12)NC(=O)[C@H](CC(N)=O)NC(=O)[C@H](CCC(=O)O)NC(=O)[C@H](Cc1c[nH]c2ccccc12)NC(=O)[C@H](CC(=O)O)NC(=O)[C@@H](N)CC(=O)O)C(=O)N[C@@H](CCCCN)C(=O)O. The van der Waals surface area contributed by atoms with Gasteiger partial charge in [-0.2, -0.15) is 0 Å². The van der Waals surface area contributed by atoms with Gasteiger partial charge in [-0.3, -0.25) is 52.7 Å². The van der Waals surface area contributed by atoms with Crippen LogP contribution in [0.4, 0.5) is 0 Å². The minimum Gasteiger partial charge on any atom is -0.481 e. The second-order valence-corrected chi connectivity index (χ2v) is 17.8. The second kappa shape index (κ2) is 28.5. The zero-order valence-corrected chi connectivity index (χ0v) is 41.1. The highest BCUT2D eigenvalue weighted by Crippen LogP contribution is 2.21. The average molecular weight is 1060 g/mol. The smallest absolute Gasteiger partial charge is 0.326 e. The van der Waals surface area contributed by atoms with E-state index in [-0.39, 0.29) is 25.8 Å². The van der Waals surface area contributed by atoms with E-state index in [9.17, 15) is 72.9 Å². The molecule has 0 unspecified atom stereocenters. The van der Waals surface area contributed by atoms with E-state index in [0.717, 1.165) is 0 Å². The van der Waals surface area contributed by atoms with Crippen molar-refractivity contribution in [1.82, 2.24) is 47.2 Å². The molecule has 0 saturated carbocycles. The maximum absolute atomic E-state index is 14.3. The Morgan fingerprint density at radius 3 is 1.42 bits per heavy atom. The van der Waals surface area contributed by atoms with Gasteiger partial charge < -0.3 is 84.8 Å². The number of hydrogen-bond donors (Lipinski definition) is 16. The van der Waals surface area contributed by atoms with Crippen LogP contribution in [-0.4, -0.2) is 156 Å². The summed E-state index contributed by atoms with van der Waals surface area (Å²) in [5, 5.41) is 55.5. The molecule has 0 aliphatic rings. The largest absolute Gasteiger partial charge is 0.481 e. The number of carboxylic acid groups (broad SMARTS) is 4. The summed E-state index contributed by atoms with van der Waals surface area (Å²) < 4.78 is 0. The van der Waals surface area contributed by atoms with Gasteiger partial charge in [0, 0.05) is 53.5 Å². The number of rotatable bonds is 32. The van der Waals surface area contributed by atoms with Gasteiger partial charge in [-0.25, -0.2) is 4.79 Å². The maximum Gasteiger partial charge on any atom is 0.326 e. The minimum atomic E-state index is -1.94. The molecule has 0 bridgehead atoms. The van der Waals surface area contributed by atoms with Crippen LogP contribution in [0.15, 0.2) is 60.9 Å². The van der Waals surface area contributed by atoms with Gasteiger partial charge in [0.05, 0.1) is 25.3 Å². The number of benzene rings is 2. The number of carbonyl (C=O) groups is 12. The van der Waals surface area contributed by atoms with Gasteiger partial charge in [0.25, 0.3) is 0 Å². The molecule has 0 radical (unpaired) electrons. The van der Waals surface area contributed by atoms with Crippen LogP contribution in [0.3, 0.4) is 0 Å². The number of nitrogens with two attached hydrogens (primary N) is 3. The number of aliphatic carboxylic acids is 4. The van der Waals surface area contributed by atoms with E-state index in [0.29, 0.717) is 45.8 Å². The number of carboxylic acids is 4. The Labute approximate surface area is 432 Å². The van der Waals surface area contributed by atoms with E-state index in [1.807, 2.05) is 0 Å². The van der Waals surface area contributed by atoms with Gasteiger partial charge >= 0.3 is 23.9 Å². The lowest BCUT2D eigenvalue weighted by atomic mass is 10.0. The van der Waals surface area contributed by atoms with Gasteiger partial charge in [0.15, 0.2) is 0 Å². The number of hydrogen-bond acceptors (Lipinski definition) is 14. The lowest BCUT2D eigenvalue weighted by Crippen LogP contribution is -2.61. The summed E-state index contributed by atoms with van der Waals surface area (Å²) in [6.45, 7) is 1.56. The fourth-order valence-corrected chi connectivity index (χ4v) is 7.87. The van der Waals surface area contributed by atoms with Crippen molar-refractivity contribution < 1.29 is 78.0 Å². The van der Waals surface area contributed by atoms with E-state index >= 15 is 0 Å². The summed E-state index contributed by atoms with van der Waals surface area (Å²) in [5.74, 6) is -15.0. The topological polar surface area (TPSA) is 480 Å². The lowest BCUT2D eigenvalue weighted by molar-refractivity contribution is -0.142. The molecular weight excluding hydrogens is 1000 g/mol. The third kappa shape index (κ3) is 18.2. The van der Waals surface area contributed by atoms with Crippen LogP contribution in [0.25, 0.3) is 21.8 Å². The summed E-state index contributed by atoms with van der Waals surface area (Å²) in [7, 11) is 0. The minimum absolute atomic E-state index is 0.0405. The highest BCUT2D eigenvalue weighted by molar-refractivity contribution is 6.00. The number of amides is 8. The number of primary amides is 1. The van der Waals surface area contributed by atoms with Crippen LogP contribution in [-0.2, 0) is 70.4 Å². The Morgan fingerprint density at radius 2 is 0.934 bits per heavy atom. The number of para-hydroxylation sites is 2. The highest BCUT2D eigenvalue weighted by atomic mass is 16.4. The second-order valence-electron chi connectivity index (χ2n) is 17.8. The molecule has 2 aromatic heterocycles. The zero-order valence-electron chi connectivity index (χ0n) is 41.1. The van der Waals surface area contributed by atoms with Crippen molar-refractivity contribution in [1.29, 1.82) is 0 Å². The zero-order chi connectivity index (χ0) is 56.2. The van der Waals surface area contributed by atoms with Crippen LogP contribution in [0.5, 0.6) is 0 Å². The number of H-pyrrole nitrogens is 2. The molecule has 19 N–H and O–H groups in total. The molecule has 2 aromatic carbocycles. The Balaban J connectivity index is 1.64. The Kier molecular flexibility index (Phi) is 22.4. The molecule has 0 fully saturated rings. The molecule has 4 rings (SSSR count). The van der Waals surface area contributed by atoms with Crippen molar-refractivity contribution in [3.63, 3.8) is 0 Å². The number of unbranched alkanes of at least 4 members (excludes halogenated alkanes) is 1. The molecule has 28 heteroatoms. The van der Waals surface area contributed by atoms with Crippen LogP contribution in [0.1, 0.15) is 69.4 Å². The maximum atomic E-state index is 14.3. The molecule has 0 spiro atoms. The standard InChI is InChI=1S/C48H62N12O16/c1-23(41(68)56-32(48(75)76)12-6-7-15-49)54-44(71)33(16-24-21-52-29-10-4-2-8-26(24)29)58-46(73)35(19-37(51)61)60-43(70)31(13-14-38(62)63)55-45(72)34(17-25-22-53-30-11-5-3-9-27(25)30)59-47(74)36(20-40(66)67)57-42(69)28(50)18-39(64)65/h2-5,8-11,21-23,28,31-36,52-53H,6-7,12-20,49-50H2,1H3,(H2,51,61)(H,54,71)(H,55,72)(H,56,68)(H,57,69)(H,58,73)(H,59,74)(H,60,70)(H,62,63)(H,64,65)(H,66,67)(H,75,76)/t23-,28-,31-,32-,33-,34-,35-,36-/m0/s1. The quantitative estimate of drug-likeness (QED) is 0.0218. The first-order valence-corrected chi connectivity index (χ1v) is 23.8. The van der Waals surface area contributed by atoms with E-state index in [2.05, 4.69) is 47.2 Å². The molecule has 76 heavy (non-hydrogen) atoms. The summed E-state index contributed by atoms with van der Waals surface area (Å²) >= 11 is 0. The third-order valence-electron chi connectivity index (χ3n) is 11.8. The van der Waals surface area contributed by atoms with Gasteiger partial charge in [0.2, 0.25) is 47.3 Å². The monoisotopic (exact) mass is 1060 g/mol. The fraction of sp³-hybridized carbons (Fsp3) is 0.417. The molecule has 8 atom stereocenters. The molecule has 28 nitrogen and oxygen atoms in total. The van der Waals surface area contributed by atoms with Crippen LogP contribution in [0.2, 0.25) is 0 Å². The molecular formula is C48H62N12O16. The number of aromatic amines is 2. The van der Waals surface area contributed by atoms with Crippen molar-refractivity contribution in [2.24, 2.45) is 17.2 Å². The fourth-order valence-electron chi connectivity index (χ4n) is 7.87. The van der Waals surface area contributed by atoms with Gasteiger partial charge in [-0.05, 0) is 62.4 Å². The molecule has 0 aliphatic heterocycles. The summed E-state index contributed by atoms with van der Waals surface area (Å²) in [5.41, 5.74) is 18.8. The predicted octanol–water partition coefficient (Wildman–Crippen LogP) is -2.92. The molecule has 0 aliphatic carbocycles.